The fraction of sp³-hybridized carbons (Fsp3) is 0.909. The van der Waals surface area contributed by atoms with Crippen molar-refractivity contribution in [1.82, 2.24) is 10.2 Å². The summed E-state index contributed by atoms with van der Waals surface area (Å²) in [5.41, 5.74) is 0. The maximum atomic E-state index is 11.1. The van der Waals surface area contributed by atoms with E-state index < -0.39 is 12.0 Å². The minimum atomic E-state index is -0.742. The van der Waals surface area contributed by atoms with Crippen molar-refractivity contribution < 1.29 is 14.6 Å². The molecule has 0 bridgehead atoms. The molecule has 0 aromatic rings. The third-order valence-corrected chi connectivity index (χ3v) is 2.88. The van der Waals surface area contributed by atoms with Crippen LogP contribution in [0.25, 0.3) is 0 Å². The van der Waals surface area contributed by atoms with Crippen LogP contribution in [-0.2, 0) is 9.53 Å². The molecule has 1 heterocycles. The van der Waals surface area contributed by atoms with E-state index in [0.29, 0.717) is 19.6 Å². The lowest BCUT2D eigenvalue weighted by Crippen LogP contribution is -2.48. The lowest BCUT2D eigenvalue weighted by atomic mass is 10.1. The molecule has 1 aliphatic rings. The van der Waals surface area contributed by atoms with E-state index in [9.17, 15) is 4.79 Å². The largest absolute Gasteiger partial charge is 0.480 e. The van der Waals surface area contributed by atoms with E-state index in [1.807, 2.05) is 18.9 Å². The van der Waals surface area contributed by atoms with Crippen LogP contribution >= 0.6 is 0 Å². The number of nitrogens with zero attached hydrogens (tertiary/aromatic N) is 1. The molecular weight excluding hydrogens is 208 g/mol. The van der Waals surface area contributed by atoms with Crippen molar-refractivity contribution in [2.24, 2.45) is 0 Å². The van der Waals surface area contributed by atoms with Gasteiger partial charge in [-0.1, -0.05) is 13.3 Å². The average molecular weight is 230 g/mol. The SMILES string of the molecule is CCCC(C(=O)O)N(C)CC1CNCCO1. The minimum Gasteiger partial charge on any atom is -0.480 e. The monoisotopic (exact) mass is 230 g/mol. The molecular formula is C11H22N2O3. The Morgan fingerprint density at radius 3 is 2.94 bits per heavy atom. The second-order valence-corrected chi connectivity index (χ2v) is 4.28. The summed E-state index contributed by atoms with van der Waals surface area (Å²) in [7, 11) is 1.85. The van der Waals surface area contributed by atoms with Crippen molar-refractivity contribution in [3.05, 3.63) is 0 Å². The highest BCUT2D eigenvalue weighted by Crippen LogP contribution is 2.08. The Labute approximate surface area is 96.8 Å². The van der Waals surface area contributed by atoms with E-state index in [1.54, 1.807) is 0 Å². The number of carboxylic acid groups (broad SMARTS) is 1. The van der Waals surface area contributed by atoms with Crippen LogP contribution in [0.15, 0.2) is 0 Å². The van der Waals surface area contributed by atoms with Crippen LogP contribution in [0.2, 0.25) is 0 Å². The average Bonchev–Trinajstić information content (AvgIpc) is 2.26. The summed E-state index contributed by atoms with van der Waals surface area (Å²) < 4.78 is 5.56. The van der Waals surface area contributed by atoms with Crippen LogP contribution in [0.4, 0.5) is 0 Å². The first kappa shape index (κ1) is 13.4. The third-order valence-electron chi connectivity index (χ3n) is 2.88. The topological polar surface area (TPSA) is 61.8 Å². The summed E-state index contributed by atoms with van der Waals surface area (Å²) in [5.74, 6) is -0.742. The molecule has 0 amide bonds. The summed E-state index contributed by atoms with van der Waals surface area (Å²) in [6.45, 7) is 5.08. The number of ether oxygens (including phenoxy) is 1. The van der Waals surface area contributed by atoms with E-state index in [-0.39, 0.29) is 6.10 Å². The Morgan fingerprint density at radius 1 is 1.69 bits per heavy atom. The second-order valence-electron chi connectivity index (χ2n) is 4.28. The number of carbonyl (C=O) groups is 1. The molecule has 0 aromatic carbocycles. The number of nitrogens with one attached hydrogen (secondary N) is 1. The Balaban J connectivity index is 2.40. The smallest absolute Gasteiger partial charge is 0.320 e. The van der Waals surface area contributed by atoms with Crippen molar-refractivity contribution in [3.8, 4) is 0 Å². The maximum Gasteiger partial charge on any atom is 0.320 e. The number of aliphatic carboxylic acids is 1. The molecule has 0 radical (unpaired) electrons. The molecule has 0 aliphatic carbocycles. The first-order valence-corrected chi connectivity index (χ1v) is 5.90. The summed E-state index contributed by atoms with van der Waals surface area (Å²) in [6.07, 6.45) is 1.68. The quantitative estimate of drug-likeness (QED) is 0.680. The molecule has 1 saturated heterocycles. The van der Waals surface area contributed by atoms with Crippen LogP contribution in [0.3, 0.4) is 0 Å². The van der Waals surface area contributed by atoms with Crippen LogP contribution in [0.1, 0.15) is 19.8 Å². The van der Waals surface area contributed by atoms with Gasteiger partial charge in [0.15, 0.2) is 0 Å². The van der Waals surface area contributed by atoms with Gasteiger partial charge in [-0.3, -0.25) is 9.69 Å². The molecule has 94 valence electrons. The normalized spacial score (nSPS) is 23.3. The van der Waals surface area contributed by atoms with Crippen molar-refractivity contribution in [2.75, 3.05) is 33.3 Å². The van der Waals surface area contributed by atoms with Crippen molar-refractivity contribution >= 4 is 5.97 Å². The van der Waals surface area contributed by atoms with Gasteiger partial charge in [0, 0.05) is 19.6 Å². The number of carboxylic acids is 1. The summed E-state index contributed by atoms with van der Waals surface area (Å²) in [4.78, 5) is 13.0. The molecule has 1 fully saturated rings. The Bertz CT molecular complexity index is 217. The van der Waals surface area contributed by atoms with Gasteiger partial charge in [-0.2, -0.15) is 0 Å². The van der Waals surface area contributed by atoms with Gasteiger partial charge in [0.1, 0.15) is 6.04 Å². The third kappa shape index (κ3) is 4.08. The molecule has 2 unspecified atom stereocenters. The molecule has 2 N–H and O–H groups in total. The highest BCUT2D eigenvalue weighted by atomic mass is 16.5. The van der Waals surface area contributed by atoms with Crippen LogP contribution in [-0.4, -0.2) is 61.4 Å². The predicted molar refractivity (Wildman–Crippen MR) is 61.6 cm³/mol. The van der Waals surface area contributed by atoms with Gasteiger partial charge >= 0.3 is 5.97 Å². The van der Waals surface area contributed by atoms with Crippen LogP contribution in [0.5, 0.6) is 0 Å². The maximum absolute atomic E-state index is 11.1. The van der Waals surface area contributed by atoms with E-state index in [4.69, 9.17) is 9.84 Å². The lowest BCUT2D eigenvalue weighted by Gasteiger charge is -2.31. The van der Waals surface area contributed by atoms with Crippen molar-refractivity contribution in [2.45, 2.75) is 31.9 Å². The molecule has 1 rings (SSSR count). The molecule has 16 heavy (non-hydrogen) atoms. The molecule has 2 atom stereocenters. The zero-order valence-corrected chi connectivity index (χ0v) is 10.1. The second kappa shape index (κ2) is 6.83. The van der Waals surface area contributed by atoms with Gasteiger partial charge in [-0.05, 0) is 13.5 Å². The first-order chi connectivity index (χ1) is 7.65. The van der Waals surface area contributed by atoms with Crippen molar-refractivity contribution in [1.29, 1.82) is 0 Å². The molecule has 5 nitrogen and oxygen atoms in total. The lowest BCUT2D eigenvalue weighted by molar-refractivity contribution is -0.143. The highest BCUT2D eigenvalue weighted by molar-refractivity contribution is 5.73. The van der Waals surface area contributed by atoms with Gasteiger partial charge in [-0.25, -0.2) is 0 Å². The standard InChI is InChI=1S/C11H22N2O3/c1-3-4-10(11(14)15)13(2)8-9-7-12-5-6-16-9/h9-10,12H,3-8H2,1-2H3,(H,14,15). The Morgan fingerprint density at radius 2 is 2.44 bits per heavy atom. The number of likely N-dealkylation sites (N-methyl/N-ethyl adjacent to an activating group) is 1. The Kier molecular flexibility index (Phi) is 5.73. The highest BCUT2D eigenvalue weighted by Gasteiger charge is 2.24. The molecule has 5 heteroatoms. The van der Waals surface area contributed by atoms with E-state index in [2.05, 4.69) is 5.32 Å². The minimum absolute atomic E-state index is 0.109. The number of morpholine rings is 1. The molecule has 0 aromatic heterocycles. The van der Waals surface area contributed by atoms with E-state index in [1.165, 1.54) is 0 Å². The summed E-state index contributed by atoms with van der Waals surface area (Å²) in [5, 5.41) is 12.3. The molecule has 1 aliphatic heterocycles. The molecule has 0 saturated carbocycles. The molecule has 0 spiro atoms. The number of hydrogen-bond donors (Lipinski definition) is 2. The van der Waals surface area contributed by atoms with E-state index in [0.717, 1.165) is 19.5 Å². The van der Waals surface area contributed by atoms with Gasteiger partial charge in [0.05, 0.1) is 12.7 Å². The zero-order valence-electron chi connectivity index (χ0n) is 10.1. The van der Waals surface area contributed by atoms with Crippen LogP contribution < -0.4 is 5.32 Å². The predicted octanol–water partition coefficient (Wildman–Crippen LogP) is 0.160. The number of hydrogen-bond acceptors (Lipinski definition) is 4. The summed E-state index contributed by atoms with van der Waals surface area (Å²) in [6, 6.07) is -0.393. The van der Waals surface area contributed by atoms with Crippen molar-refractivity contribution in [3.63, 3.8) is 0 Å². The Hall–Kier alpha value is -0.650. The number of rotatable bonds is 6. The first-order valence-electron chi connectivity index (χ1n) is 5.90. The fourth-order valence-electron chi connectivity index (χ4n) is 1.99. The van der Waals surface area contributed by atoms with Gasteiger partial charge < -0.3 is 15.2 Å². The van der Waals surface area contributed by atoms with E-state index >= 15 is 0 Å². The fourth-order valence-corrected chi connectivity index (χ4v) is 1.99. The van der Waals surface area contributed by atoms with Crippen LogP contribution in [0, 0.1) is 0 Å². The van der Waals surface area contributed by atoms with Gasteiger partial charge in [-0.15, -0.1) is 0 Å². The summed E-state index contributed by atoms with van der Waals surface area (Å²) >= 11 is 0. The van der Waals surface area contributed by atoms with Gasteiger partial charge in [0.2, 0.25) is 0 Å². The van der Waals surface area contributed by atoms with Gasteiger partial charge in [0.25, 0.3) is 0 Å². The zero-order chi connectivity index (χ0) is 12.0.